The third-order valence-electron chi connectivity index (χ3n) is 2.84. The van der Waals surface area contributed by atoms with Gasteiger partial charge in [-0.1, -0.05) is 17.4 Å². The summed E-state index contributed by atoms with van der Waals surface area (Å²) < 4.78 is 3.02. The monoisotopic (exact) mass is 273 g/mol. The second-order valence-corrected chi connectivity index (χ2v) is 5.68. The van der Waals surface area contributed by atoms with Gasteiger partial charge in [-0.3, -0.25) is 4.68 Å². The Hall–Kier alpha value is -1.95. The van der Waals surface area contributed by atoms with Crippen LogP contribution in [0.1, 0.15) is 12.5 Å². The molecule has 0 bridgehead atoms. The van der Waals surface area contributed by atoms with Gasteiger partial charge in [0.2, 0.25) is 0 Å². The minimum atomic E-state index is 0.253. The number of hydrogen-bond donors (Lipinski definition) is 1. The van der Waals surface area contributed by atoms with Crippen LogP contribution in [0, 0.1) is 6.92 Å². The Bertz CT molecular complexity index is 673. The van der Waals surface area contributed by atoms with Crippen molar-refractivity contribution in [1.29, 1.82) is 0 Å². The highest BCUT2D eigenvalue weighted by Crippen LogP contribution is 2.26. The molecule has 0 saturated heterocycles. The van der Waals surface area contributed by atoms with E-state index in [-0.39, 0.29) is 6.04 Å². The van der Waals surface area contributed by atoms with Gasteiger partial charge in [0.1, 0.15) is 12.7 Å². The third kappa shape index (κ3) is 2.73. The predicted octanol–water partition coefficient (Wildman–Crippen LogP) is 2.70. The molecular weight excluding hydrogens is 258 g/mol. The molecule has 0 saturated carbocycles. The fraction of sp³-hybridized carbons (Fsp3) is 0.308. The van der Waals surface area contributed by atoms with Crippen LogP contribution < -0.4 is 5.32 Å². The van der Waals surface area contributed by atoms with Crippen LogP contribution in [0.25, 0.3) is 10.2 Å². The molecule has 0 amide bonds. The average molecular weight is 273 g/mol. The van der Waals surface area contributed by atoms with Crippen molar-refractivity contribution in [2.45, 2.75) is 26.4 Å². The van der Waals surface area contributed by atoms with E-state index in [1.807, 2.05) is 4.68 Å². The second kappa shape index (κ2) is 4.97. The Morgan fingerprint density at radius 1 is 1.42 bits per heavy atom. The lowest BCUT2D eigenvalue weighted by molar-refractivity contribution is 0.559. The predicted molar refractivity (Wildman–Crippen MR) is 77.5 cm³/mol. The first-order chi connectivity index (χ1) is 9.20. The molecule has 0 aliphatic heterocycles. The SMILES string of the molecule is Cc1ccc2sc(NC(C)Cn3cncn3)nc2c1. The molecule has 0 aliphatic rings. The van der Waals surface area contributed by atoms with E-state index < -0.39 is 0 Å². The van der Waals surface area contributed by atoms with Crippen molar-refractivity contribution in [1.82, 2.24) is 19.7 Å². The summed E-state index contributed by atoms with van der Waals surface area (Å²) >= 11 is 1.68. The molecule has 1 N–H and O–H groups in total. The summed E-state index contributed by atoms with van der Waals surface area (Å²) in [6.07, 6.45) is 3.27. The molecule has 0 radical (unpaired) electrons. The molecule has 0 spiro atoms. The summed E-state index contributed by atoms with van der Waals surface area (Å²) in [4.78, 5) is 8.54. The summed E-state index contributed by atoms with van der Waals surface area (Å²) in [7, 11) is 0. The van der Waals surface area contributed by atoms with Crippen molar-refractivity contribution in [2.75, 3.05) is 5.32 Å². The van der Waals surface area contributed by atoms with Crippen molar-refractivity contribution < 1.29 is 0 Å². The minimum absolute atomic E-state index is 0.253. The van der Waals surface area contributed by atoms with Gasteiger partial charge in [-0.15, -0.1) is 0 Å². The van der Waals surface area contributed by atoms with E-state index in [9.17, 15) is 0 Å². The number of hydrogen-bond acceptors (Lipinski definition) is 5. The number of aryl methyl sites for hydroxylation is 1. The molecule has 2 heterocycles. The summed E-state index contributed by atoms with van der Waals surface area (Å²) in [5.41, 5.74) is 2.29. The molecular formula is C13H15N5S. The number of aromatic nitrogens is 4. The van der Waals surface area contributed by atoms with Crippen LogP contribution in [0.15, 0.2) is 30.9 Å². The Labute approximate surface area is 115 Å². The normalized spacial score (nSPS) is 12.7. The highest BCUT2D eigenvalue weighted by Gasteiger charge is 2.08. The van der Waals surface area contributed by atoms with Crippen LogP contribution in [0.5, 0.6) is 0 Å². The number of anilines is 1. The first kappa shape index (κ1) is 12.1. The van der Waals surface area contributed by atoms with Crippen LogP contribution in [-0.2, 0) is 6.54 Å². The van der Waals surface area contributed by atoms with Gasteiger partial charge in [-0.05, 0) is 31.5 Å². The average Bonchev–Trinajstić information content (AvgIpc) is 2.97. The van der Waals surface area contributed by atoms with Crippen LogP contribution in [0.2, 0.25) is 0 Å². The molecule has 2 aromatic heterocycles. The van der Waals surface area contributed by atoms with Gasteiger partial charge < -0.3 is 5.32 Å². The van der Waals surface area contributed by atoms with Crippen molar-refractivity contribution >= 4 is 26.7 Å². The van der Waals surface area contributed by atoms with E-state index >= 15 is 0 Å². The second-order valence-electron chi connectivity index (χ2n) is 4.65. The summed E-state index contributed by atoms with van der Waals surface area (Å²) in [5, 5.41) is 8.46. The van der Waals surface area contributed by atoms with Crippen molar-refractivity contribution in [3.05, 3.63) is 36.4 Å². The van der Waals surface area contributed by atoms with E-state index in [1.165, 1.54) is 10.3 Å². The first-order valence-corrected chi connectivity index (χ1v) is 6.98. The molecule has 3 aromatic rings. The number of rotatable bonds is 4. The molecule has 3 rings (SSSR count). The molecule has 6 heteroatoms. The zero-order chi connectivity index (χ0) is 13.2. The fourth-order valence-corrected chi connectivity index (χ4v) is 2.92. The van der Waals surface area contributed by atoms with Gasteiger partial charge in [-0.2, -0.15) is 5.10 Å². The van der Waals surface area contributed by atoms with Crippen LogP contribution in [-0.4, -0.2) is 25.8 Å². The maximum atomic E-state index is 4.60. The summed E-state index contributed by atoms with van der Waals surface area (Å²) in [5.74, 6) is 0. The lowest BCUT2D eigenvalue weighted by Gasteiger charge is -2.11. The lowest BCUT2D eigenvalue weighted by Crippen LogP contribution is -2.22. The van der Waals surface area contributed by atoms with Crippen LogP contribution in [0.4, 0.5) is 5.13 Å². The molecule has 1 unspecified atom stereocenters. The van der Waals surface area contributed by atoms with E-state index in [2.05, 4.69) is 52.4 Å². The van der Waals surface area contributed by atoms with Gasteiger partial charge in [0, 0.05) is 6.04 Å². The van der Waals surface area contributed by atoms with E-state index in [4.69, 9.17) is 0 Å². The van der Waals surface area contributed by atoms with Crippen molar-refractivity contribution in [3.63, 3.8) is 0 Å². The van der Waals surface area contributed by atoms with Gasteiger partial charge in [0.15, 0.2) is 5.13 Å². The number of benzene rings is 1. The highest BCUT2D eigenvalue weighted by atomic mass is 32.1. The van der Waals surface area contributed by atoms with E-state index in [0.717, 1.165) is 17.2 Å². The van der Waals surface area contributed by atoms with E-state index in [1.54, 1.807) is 24.0 Å². The zero-order valence-corrected chi connectivity index (χ0v) is 11.7. The maximum absolute atomic E-state index is 4.60. The van der Waals surface area contributed by atoms with E-state index in [0.29, 0.717) is 0 Å². The topological polar surface area (TPSA) is 55.6 Å². The quantitative estimate of drug-likeness (QED) is 0.794. The Balaban J connectivity index is 1.74. The summed E-state index contributed by atoms with van der Waals surface area (Å²) in [6, 6.07) is 6.60. The standard InChI is InChI=1S/C13H15N5S/c1-9-3-4-12-11(5-9)17-13(19-12)16-10(2)6-18-8-14-7-15-18/h3-5,7-8,10H,6H2,1-2H3,(H,16,17). The zero-order valence-electron chi connectivity index (χ0n) is 10.9. The van der Waals surface area contributed by atoms with Crippen molar-refractivity contribution in [2.24, 2.45) is 0 Å². The minimum Gasteiger partial charge on any atom is -0.357 e. The number of thiazole rings is 1. The Kier molecular flexibility index (Phi) is 3.16. The molecule has 0 aliphatic carbocycles. The molecule has 98 valence electrons. The lowest BCUT2D eigenvalue weighted by atomic mass is 10.2. The van der Waals surface area contributed by atoms with Gasteiger partial charge >= 0.3 is 0 Å². The maximum Gasteiger partial charge on any atom is 0.184 e. The number of nitrogens with zero attached hydrogens (tertiary/aromatic N) is 4. The Morgan fingerprint density at radius 2 is 2.32 bits per heavy atom. The molecule has 1 aromatic carbocycles. The van der Waals surface area contributed by atoms with Crippen LogP contribution in [0.3, 0.4) is 0 Å². The van der Waals surface area contributed by atoms with Crippen LogP contribution >= 0.6 is 11.3 Å². The van der Waals surface area contributed by atoms with Gasteiger partial charge in [-0.25, -0.2) is 9.97 Å². The van der Waals surface area contributed by atoms with Crippen molar-refractivity contribution in [3.8, 4) is 0 Å². The molecule has 19 heavy (non-hydrogen) atoms. The van der Waals surface area contributed by atoms with Gasteiger partial charge in [0.25, 0.3) is 0 Å². The number of fused-ring (bicyclic) bond motifs is 1. The highest BCUT2D eigenvalue weighted by molar-refractivity contribution is 7.22. The number of nitrogens with one attached hydrogen (secondary N) is 1. The molecule has 5 nitrogen and oxygen atoms in total. The molecule has 0 fully saturated rings. The first-order valence-electron chi connectivity index (χ1n) is 6.17. The Morgan fingerprint density at radius 3 is 3.11 bits per heavy atom. The molecule has 1 atom stereocenters. The summed E-state index contributed by atoms with van der Waals surface area (Å²) in [6.45, 7) is 4.97. The smallest absolute Gasteiger partial charge is 0.184 e. The third-order valence-corrected chi connectivity index (χ3v) is 3.81. The van der Waals surface area contributed by atoms with Gasteiger partial charge in [0.05, 0.1) is 16.8 Å². The largest absolute Gasteiger partial charge is 0.357 e. The fourth-order valence-electron chi connectivity index (χ4n) is 1.96.